The van der Waals surface area contributed by atoms with E-state index in [2.05, 4.69) is 25.5 Å². The predicted octanol–water partition coefficient (Wildman–Crippen LogP) is 2.80. The highest BCUT2D eigenvalue weighted by Crippen LogP contribution is 2.20. The topological polar surface area (TPSA) is 79.4 Å². The van der Waals surface area contributed by atoms with Gasteiger partial charge in [0, 0.05) is 32.0 Å². The third-order valence-electron chi connectivity index (χ3n) is 3.99. The molecule has 0 bridgehead atoms. The molecule has 3 heterocycles. The lowest BCUT2D eigenvalue weighted by Crippen LogP contribution is -2.28. The smallest absolute Gasteiger partial charge is 0.319 e. The molecule has 1 aliphatic rings. The molecule has 0 unspecified atom stereocenters. The van der Waals surface area contributed by atoms with E-state index < -0.39 is 0 Å². The SMILES string of the molecule is CCOc1ncccc1NC(=O)NCc1ccnc(N2CCCC2)c1. The normalized spacial score (nSPS) is 13.6. The van der Waals surface area contributed by atoms with Gasteiger partial charge in [0.15, 0.2) is 0 Å². The predicted molar refractivity (Wildman–Crippen MR) is 96.9 cm³/mol. The quantitative estimate of drug-likeness (QED) is 0.844. The molecule has 1 aliphatic heterocycles. The molecule has 1 saturated heterocycles. The summed E-state index contributed by atoms with van der Waals surface area (Å²) < 4.78 is 5.41. The first-order valence-electron chi connectivity index (χ1n) is 8.59. The lowest BCUT2D eigenvalue weighted by atomic mass is 10.2. The van der Waals surface area contributed by atoms with Gasteiger partial charge in [-0.15, -0.1) is 0 Å². The van der Waals surface area contributed by atoms with Crippen LogP contribution < -0.4 is 20.3 Å². The summed E-state index contributed by atoms with van der Waals surface area (Å²) in [6, 6.07) is 7.16. The van der Waals surface area contributed by atoms with E-state index in [-0.39, 0.29) is 6.03 Å². The van der Waals surface area contributed by atoms with Crippen LogP contribution in [0.15, 0.2) is 36.7 Å². The number of aromatic nitrogens is 2. The fourth-order valence-corrected chi connectivity index (χ4v) is 2.78. The molecule has 0 atom stereocenters. The summed E-state index contributed by atoms with van der Waals surface area (Å²) in [6.45, 7) is 4.89. The number of amides is 2. The highest BCUT2D eigenvalue weighted by atomic mass is 16.5. The van der Waals surface area contributed by atoms with Crippen LogP contribution >= 0.6 is 0 Å². The van der Waals surface area contributed by atoms with Gasteiger partial charge in [-0.3, -0.25) is 0 Å². The number of nitrogens with zero attached hydrogens (tertiary/aromatic N) is 3. The zero-order valence-corrected chi connectivity index (χ0v) is 14.4. The molecule has 0 radical (unpaired) electrons. The molecule has 0 aromatic carbocycles. The summed E-state index contributed by atoms with van der Waals surface area (Å²) in [7, 11) is 0. The molecule has 7 nitrogen and oxygen atoms in total. The largest absolute Gasteiger partial charge is 0.476 e. The van der Waals surface area contributed by atoms with Gasteiger partial charge < -0.3 is 20.3 Å². The van der Waals surface area contributed by atoms with Gasteiger partial charge in [-0.25, -0.2) is 14.8 Å². The highest BCUT2D eigenvalue weighted by Gasteiger charge is 2.14. The number of hydrogen-bond acceptors (Lipinski definition) is 5. The molecule has 0 saturated carbocycles. The second-order valence-corrected chi connectivity index (χ2v) is 5.81. The Morgan fingerprint density at radius 3 is 2.88 bits per heavy atom. The highest BCUT2D eigenvalue weighted by molar-refractivity contribution is 5.90. The molecule has 7 heteroatoms. The monoisotopic (exact) mass is 341 g/mol. The Kier molecular flexibility index (Phi) is 5.66. The summed E-state index contributed by atoms with van der Waals surface area (Å²) in [5, 5.41) is 5.63. The van der Waals surface area contributed by atoms with E-state index in [1.54, 1.807) is 24.5 Å². The number of carbonyl (C=O) groups excluding carboxylic acids is 1. The second-order valence-electron chi connectivity index (χ2n) is 5.81. The lowest BCUT2D eigenvalue weighted by Gasteiger charge is -2.17. The molecule has 132 valence electrons. The molecule has 25 heavy (non-hydrogen) atoms. The molecule has 2 aromatic heterocycles. The van der Waals surface area contributed by atoms with Crippen LogP contribution in [0.2, 0.25) is 0 Å². The minimum absolute atomic E-state index is 0.298. The number of urea groups is 1. The second kappa shape index (κ2) is 8.32. The Labute approximate surface area is 147 Å². The van der Waals surface area contributed by atoms with E-state index in [1.165, 1.54) is 12.8 Å². The first-order chi connectivity index (χ1) is 12.3. The van der Waals surface area contributed by atoms with Crippen LogP contribution in [0.5, 0.6) is 5.88 Å². The van der Waals surface area contributed by atoms with Gasteiger partial charge in [-0.2, -0.15) is 0 Å². The van der Waals surface area contributed by atoms with E-state index >= 15 is 0 Å². The van der Waals surface area contributed by atoms with Crippen molar-refractivity contribution < 1.29 is 9.53 Å². The van der Waals surface area contributed by atoms with Crippen molar-refractivity contribution in [3.05, 3.63) is 42.2 Å². The minimum Gasteiger partial charge on any atom is -0.476 e. The number of rotatable bonds is 6. The van der Waals surface area contributed by atoms with E-state index in [0.29, 0.717) is 24.7 Å². The molecule has 0 aliphatic carbocycles. The number of anilines is 2. The van der Waals surface area contributed by atoms with E-state index in [4.69, 9.17) is 4.74 Å². The van der Waals surface area contributed by atoms with Crippen LogP contribution in [-0.2, 0) is 6.54 Å². The van der Waals surface area contributed by atoms with Crippen LogP contribution in [0.3, 0.4) is 0 Å². The summed E-state index contributed by atoms with van der Waals surface area (Å²) in [4.78, 5) is 23.0. The Hall–Kier alpha value is -2.83. The number of pyridine rings is 2. The fraction of sp³-hybridized carbons (Fsp3) is 0.389. The van der Waals surface area contributed by atoms with Crippen LogP contribution in [0.25, 0.3) is 0 Å². The van der Waals surface area contributed by atoms with Crippen molar-refractivity contribution in [2.75, 3.05) is 29.9 Å². The van der Waals surface area contributed by atoms with Gasteiger partial charge in [-0.05, 0) is 49.6 Å². The number of carbonyl (C=O) groups is 1. The average Bonchev–Trinajstić information content (AvgIpc) is 3.17. The van der Waals surface area contributed by atoms with E-state index in [0.717, 1.165) is 24.5 Å². The molecule has 1 fully saturated rings. The Morgan fingerprint density at radius 1 is 1.24 bits per heavy atom. The van der Waals surface area contributed by atoms with Crippen molar-refractivity contribution in [3.63, 3.8) is 0 Å². The standard InChI is InChI=1S/C18H23N5O2/c1-2-25-17-15(6-5-8-20-17)22-18(24)21-13-14-7-9-19-16(12-14)23-10-3-4-11-23/h5-9,12H,2-4,10-11,13H2,1H3,(H2,21,22,24). The molecule has 2 N–H and O–H groups in total. The third kappa shape index (κ3) is 4.59. The Bertz CT molecular complexity index is 716. The van der Waals surface area contributed by atoms with Crippen molar-refractivity contribution >= 4 is 17.5 Å². The van der Waals surface area contributed by atoms with Crippen LogP contribution in [0, 0.1) is 0 Å². The van der Waals surface area contributed by atoms with Crippen LogP contribution in [-0.4, -0.2) is 35.7 Å². The van der Waals surface area contributed by atoms with Crippen molar-refractivity contribution in [2.24, 2.45) is 0 Å². The maximum Gasteiger partial charge on any atom is 0.319 e. The first kappa shape index (κ1) is 17.0. The first-order valence-corrected chi connectivity index (χ1v) is 8.59. The van der Waals surface area contributed by atoms with Gasteiger partial charge in [0.2, 0.25) is 5.88 Å². The van der Waals surface area contributed by atoms with Gasteiger partial charge in [-0.1, -0.05) is 0 Å². The van der Waals surface area contributed by atoms with Gasteiger partial charge >= 0.3 is 6.03 Å². The fourth-order valence-electron chi connectivity index (χ4n) is 2.78. The maximum absolute atomic E-state index is 12.2. The van der Waals surface area contributed by atoms with Crippen molar-refractivity contribution in [1.29, 1.82) is 0 Å². The molecule has 2 aromatic rings. The summed E-state index contributed by atoms with van der Waals surface area (Å²) in [5.41, 5.74) is 1.57. The van der Waals surface area contributed by atoms with Gasteiger partial charge in [0.1, 0.15) is 11.5 Å². The summed E-state index contributed by atoms with van der Waals surface area (Å²) >= 11 is 0. The number of ether oxygens (including phenoxy) is 1. The number of nitrogens with one attached hydrogen (secondary N) is 2. The van der Waals surface area contributed by atoms with Crippen LogP contribution in [0.1, 0.15) is 25.3 Å². The minimum atomic E-state index is -0.298. The molecule has 0 spiro atoms. The van der Waals surface area contributed by atoms with Crippen molar-refractivity contribution in [1.82, 2.24) is 15.3 Å². The van der Waals surface area contributed by atoms with Crippen molar-refractivity contribution in [3.8, 4) is 5.88 Å². The van der Waals surface area contributed by atoms with Gasteiger partial charge in [0.05, 0.1) is 6.61 Å². The number of hydrogen-bond donors (Lipinski definition) is 2. The van der Waals surface area contributed by atoms with Crippen LogP contribution in [0.4, 0.5) is 16.3 Å². The zero-order valence-electron chi connectivity index (χ0n) is 14.4. The molecule has 3 rings (SSSR count). The third-order valence-corrected chi connectivity index (χ3v) is 3.99. The molecular weight excluding hydrogens is 318 g/mol. The van der Waals surface area contributed by atoms with Crippen molar-refractivity contribution in [2.45, 2.75) is 26.3 Å². The average molecular weight is 341 g/mol. The molecular formula is C18H23N5O2. The van der Waals surface area contributed by atoms with E-state index in [1.807, 2.05) is 19.1 Å². The summed E-state index contributed by atoms with van der Waals surface area (Å²) in [6.07, 6.45) is 5.83. The Balaban J connectivity index is 1.56. The van der Waals surface area contributed by atoms with E-state index in [9.17, 15) is 4.79 Å². The summed E-state index contributed by atoms with van der Waals surface area (Å²) in [5.74, 6) is 1.39. The lowest BCUT2D eigenvalue weighted by molar-refractivity contribution is 0.251. The zero-order chi connectivity index (χ0) is 17.5. The van der Waals surface area contributed by atoms with Gasteiger partial charge in [0.25, 0.3) is 0 Å². The molecule has 2 amide bonds. The Morgan fingerprint density at radius 2 is 2.08 bits per heavy atom. The maximum atomic E-state index is 12.2.